The number of hydrogen-bond acceptors (Lipinski definition) is 4. The fraction of sp³-hybridized carbons (Fsp3) is 0.462. The van der Waals surface area contributed by atoms with Crippen LogP contribution in [0.15, 0.2) is 18.3 Å². The molecule has 0 radical (unpaired) electrons. The van der Waals surface area contributed by atoms with E-state index in [0.29, 0.717) is 31.1 Å². The van der Waals surface area contributed by atoms with Crippen LogP contribution in [-0.2, 0) is 16.0 Å². The smallest absolute Gasteiger partial charge is 0.321 e. The molecule has 0 aliphatic heterocycles. The first-order chi connectivity index (χ1) is 9.52. The van der Waals surface area contributed by atoms with Crippen LogP contribution in [0.25, 0.3) is 0 Å². The van der Waals surface area contributed by atoms with E-state index in [-0.39, 0.29) is 12.5 Å². The number of anilines is 1. The third-order valence-corrected chi connectivity index (χ3v) is 2.53. The van der Waals surface area contributed by atoms with Crippen LogP contribution < -0.4 is 5.32 Å². The van der Waals surface area contributed by atoms with Crippen LogP contribution >= 0.6 is 0 Å². The number of carbonyl (C=O) groups is 2. The quantitative estimate of drug-likeness (QED) is 0.733. The zero-order valence-corrected chi connectivity index (χ0v) is 11.6. The number of likely N-dealkylation sites (N-methyl/N-ethyl adjacent to an activating group) is 1. The van der Waals surface area contributed by atoms with Gasteiger partial charge in [0.2, 0.25) is 0 Å². The summed E-state index contributed by atoms with van der Waals surface area (Å²) in [5.41, 5.74) is 0.965. The van der Waals surface area contributed by atoms with Crippen molar-refractivity contribution in [2.24, 2.45) is 0 Å². The number of carboxylic acids is 1. The number of amides is 2. The highest BCUT2D eigenvalue weighted by Crippen LogP contribution is 2.07. The number of ether oxygens (including phenoxy) is 1. The number of pyridine rings is 1. The molecule has 0 saturated heterocycles. The lowest BCUT2D eigenvalue weighted by atomic mass is 10.2. The van der Waals surface area contributed by atoms with E-state index in [2.05, 4.69) is 10.3 Å². The minimum Gasteiger partial charge on any atom is -0.481 e. The van der Waals surface area contributed by atoms with E-state index >= 15 is 0 Å². The van der Waals surface area contributed by atoms with Crippen molar-refractivity contribution < 1.29 is 19.4 Å². The van der Waals surface area contributed by atoms with Crippen molar-refractivity contribution in [1.82, 2.24) is 9.88 Å². The fourth-order valence-corrected chi connectivity index (χ4v) is 1.42. The number of carbonyl (C=O) groups excluding carboxylic acids is 1. The summed E-state index contributed by atoms with van der Waals surface area (Å²) in [5.74, 6) is -0.940. The van der Waals surface area contributed by atoms with Crippen molar-refractivity contribution >= 4 is 17.7 Å². The van der Waals surface area contributed by atoms with E-state index in [4.69, 9.17) is 9.84 Å². The lowest BCUT2D eigenvalue weighted by Crippen LogP contribution is -2.34. The normalized spacial score (nSPS) is 10.1. The van der Waals surface area contributed by atoms with E-state index in [0.717, 1.165) is 0 Å². The number of carboxylic acid groups (broad SMARTS) is 1. The van der Waals surface area contributed by atoms with Crippen LogP contribution in [0, 0.1) is 0 Å². The molecule has 1 aromatic heterocycles. The molecule has 110 valence electrons. The first-order valence-electron chi connectivity index (χ1n) is 6.29. The number of urea groups is 1. The van der Waals surface area contributed by atoms with Gasteiger partial charge in [0.25, 0.3) is 0 Å². The van der Waals surface area contributed by atoms with E-state index in [1.54, 1.807) is 19.2 Å². The summed E-state index contributed by atoms with van der Waals surface area (Å²) in [5, 5.41) is 11.3. The monoisotopic (exact) mass is 281 g/mol. The zero-order valence-electron chi connectivity index (χ0n) is 11.6. The van der Waals surface area contributed by atoms with Crippen LogP contribution in [0.3, 0.4) is 0 Å². The molecular formula is C13H19N3O4. The molecule has 1 heterocycles. The molecule has 0 aliphatic rings. The van der Waals surface area contributed by atoms with Gasteiger partial charge in [0, 0.05) is 20.2 Å². The predicted octanol–water partition coefficient (Wildman–Crippen LogP) is 1.21. The van der Waals surface area contributed by atoms with E-state index < -0.39 is 5.97 Å². The molecule has 0 saturated carbocycles. The van der Waals surface area contributed by atoms with Gasteiger partial charge in [-0.3, -0.25) is 9.78 Å². The molecule has 0 aliphatic carbocycles. The molecule has 2 N–H and O–H groups in total. The van der Waals surface area contributed by atoms with Gasteiger partial charge in [0.1, 0.15) is 0 Å². The molecular weight excluding hydrogens is 262 g/mol. The number of rotatable bonds is 7. The number of aromatic nitrogens is 1. The molecule has 20 heavy (non-hydrogen) atoms. The van der Waals surface area contributed by atoms with Crippen molar-refractivity contribution in [2.45, 2.75) is 13.3 Å². The molecule has 0 fully saturated rings. The average Bonchev–Trinajstić information content (AvgIpc) is 2.40. The largest absolute Gasteiger partial charge is 0.481 e. The summed E-state index contributed by atoms with van der Waals surface area (Å²) >= 11 is 0. The van der Waals surface area contributed by atoms with Gasteiger partial charge in [-0.05, 0) is 19.1 Å². The molecule has 7 heteroatoms. The molecule has 0 atom stereocenters. The van der Waals surface area contributed by atoms with E-state index in [1.807, 2.05) is 6.92 Å². The summed E-state index contributed by atoms with van der Waals surface area (Å²) in [6, 6.07) is 2.93. The van der Waals surface area contributed by atoms with Crippen molar-refractivity contribution in [3.8, 4) is 0 Å². The Balaban J connectivity index is 2.47. The van der Waals surface area contributed by atoms with Crippen LogP contribution in [0.2, 0.25) is 0 Å². The summed E-state index contributed by atoms with van der Waals surface area (Å²) < 4.78 is 5.17. The second kappa shape index (κ2) is 8.11. The van der Waals surface area contributed by atoms with Gasteiger partial charge in [-0.25, -0.2) is 4.79 Å². The second-order valence-electron chi connectivity index (χ2n) is 4.16. The summed E-state index contributed by atoms with van der Waals surface area (Å²) in [7, 11) is 1.67. The number of hydrogen-bond donors (Lipinski definition) is 2. The summed E-state index contributed by atoms with van der Waals surface area (Å²) in [6.45, 7) is 3.48. The molecule has 2 amide bonds. The summed E-state index contributed by atoms with van der Waals surface area (Å²) in [4.78, 5) is 27.8. The fourth-order valence-electron chi connectivity index (χ4n) is 1.42. The first kappa shape index (κ1) is 15.9. The number of nitrogens with zero attached hydrogens (tertiary/aromatic N) is 2. The Morgan fingerprint density at radius 3 is 2.75 bits per heavy atom. The molecule has 0 aromatic carbocycles. The van der Waals surface area contributed by atoms with Gasteiger partial charge in [0.15, 0.2) is 0 Å². The lowest BCUT2D eigenvalue weighted by Gasteiger charge is -2.17. The van der Waals surface area contributed by atoms with Gasteiger partial charge in [-0.2, -0.15) is 0 Å². The zero-order chi connectivity index (χ0) is 15.0. The molecule has 1 rings (SSSR count). The average molecular weight is 281 g/mol. The van der Waals surface area contributed by atoms with Crippen molar-refractivity contribution in [1.29, 1.82) is 0 Å². The Kier molecular flexibility index (Phi) is 6.45. The van der Waals surface area contributed by atoms with Crippen molar-refractivity contribution in [2.75, 3.05) is 32.1 Å². The van der Waals surface area contributed by atoms with Gasteiger partial charge < -0.3 is 20.1 Å². The Morgan fingerprint density at radius 2 is 2.20 bits per heavy atom. The maximum atomic E-state index is 11.8. The van der Waals surface area contributed by atoms with Crippen LogP contribution in [0.1, 0.15) is 12.6 Å². The molecule has 0 bridgehead atoms. The lowest BCUT2D eigenvalue weighted by molar-refractivity contribution is -0.136. The highest BCUT2D eigenvalue weighted by Gasteiger charge is 2.09. The SMILES string of the molecule is CCOCCN(C)C(=O)Nc1ccc(CC(=O)O)nc1. The minimum atomic E-state index is -0.940. The summed E-state index contributed by atoms with van der Waals surface area (Å²) in [6.07, 6.45) is 1.30. The highest BCUT2D eigenvalue weighted by molar-refractivity contribution is 5.88. The van der Waals surface area contributed by atoms with Gasteiger partial charge in [-0.1, -0.05) is 0 Å². The Morgan fingerprint density at radius 1 is 1.45 bits per heavy atom. The number of nitrogens with one attached hydrogen (secondary N) is 1. The molecule has 7 nitrogen and oxygen atoms in total. The predicted molar refractivity (Wildman–Crippen MR) is 73.7 cm³/mol. The van der Waals surface area contributed by atoms with Crippen LogP contribution in [-0.4, -0.2) is 53.8 Å². The van der Waals surface area contributed by atoms with Gasteiger partial charge in [0.05, 0.1) is 30.6 Å². The molecule has 1 aromatic rings. The van der Waals surface area contributed by atoms with Crippen molar-refractivity contribution in [3.63, 3.8) is 0 Å². The van der Waals surface area contributed by atoms with Crippen LogP contribution in [0.5, 0.6) is 0 Å². The van der Waals surface area contributed by atoms with Gasteiger partial charge in [-0.15, -0.1) is 0 Å². The Hall–Kier alpha value is -2.15. The third-order valence-electron chi connectivity index (χ3n) is 2.53. The van der Waals surface area contributed by atoms with E-state index in [1.165, 1.54) is 11.1 Å². The molecule has 0 unspecified atom stereocenters. The standard InChI is InChI=1S/C13H19N3O4/c1-3-20-7-6-16(2)13(19)15-11-5-4-10(14-9-11)8-12(17)18/h4-5,9H,3,6-8H2,1-2H3,(H,15,19)(H,17,18). The second-order valence-corrected chi connectivity index (χ2v) is 4.16. The van der Waals surface area contributed by atoms with Crippen molar-refractivity contribution in [3.05, 3.63) is 24.0 Å². The number of aliphatic carboxylic acids is 1. The Labute approximate surface area is 117 Å². The molecule has 0 spiro atoms. The van der Waals surface area contributed by atoms with Gasteiger partial charge >= 0.3 is 12.0 Å². The highest BCUT2D eigenvalue weighted by atomic mass is 16.5. The Bertz CT molecular complexity index is 447. The maximum Gasteiger partial charge on any atom is 0.321 e. The third kappa shape index (κ3) is 5.66. The van der Waals surface area contributed by atoms with E-state index in [9.17, 15) is 9.59 Å². The van der Waals surface area contributed by atoms with Crippen LogP contribution in [0.4, 0.5) is 10.5 Å². The minimum absolute atomic E-state index is 0.136. The maximum absolute atomic E-state index is 11.8. The topological polar surface area (TPSA) is 91.8 Å². The first-order valence-corrected chi connectivity index (χ1v) is 6.29.